The normalized spacial score (nSPS) is 10.6. The van der Waals surface area contributed by atoms with Crippen molar-refractivity contribution in [2.75, 3.05) is 18.0 Å². The lowest BCUT2D eigenvalue weighted by molar-refractivity contribution is -0.120. The van der Waals surface area contributed by atoms with Crippen LogP contribution in [0.15, 0.2) is 0 Å². The molecule has 1 aromatic rings. The van der Waals surface area contributed by atoms with Crippen LogP contribution in [0.4, 0.5) is 5.82 Å². The highest BCUT2D eigenvalue weighted by Gasteiger charge is 2.20. The number of anilines is 1. The first-order chi connectivity index (χ1) is 8.90. The van der Waals surface area contributed by atoms with Crippen molar-refractivity contribution in [2.24, 2.45) is 7.05 Å². The van der Waals surface area contributed by atoms with Crippen molar-refractivity contribution in [3.8, 4) is 0 Å². The average molecular weight is 266 g/mol. The van der Waals surface area contributed by atoms with E-state index in [1.54, 1.807) is 18.7 Å². The van der Waals surface area contributed by atoms with Gasteiger partial charge in [-0.1, -0.05) is 0 Å². The Kier molecular flexibility index (Phi) is 5.09. The zero-order chi connectivity index (χ0) is 14.6. The van der Waals surface area contributed by atoms with Crippen molar-refractivity contribution in [3.63, 3.8) is 0 Å². The number of aromatic nitrogens is 2. The largest absolute Gasteiger partial charge is 0.352 e. The summed E-state index contributed by atoms with van der Waals surface area (Å²) in [6.07, 6.45) is 0.792. The second-order valence-corrected chi connectivity index (χ2v) is 4.80. The fourth-order valence-electron chi connectivity index (χ4n) is 2.05. The molecule has 0 unspecified atom stereocenters. The molecule has 0 saturated carbocycles. The van der Waals surface area contributed by atoms with E-state index in [1.165, 1.54) is 0 Å². The van der Waals surface area contributed by atoms with Gasteiger partial charge in [-0.25, -0.2) is 0 Å². The molecule has 6 heteroatoms. The molecule has 0 saturated heterocycles. The van der Waals surface area contributed by atoms with E-state index in [0.29, 0.717) is 23.6 Å². The molecule has 0 aromatic carbocycles. The zero-order valence-electron chi connectivity index (χ0n) is 12.2. The first kappa shape index (κ1) is 15.2. The number of nitrogens with zero attached hydrogens (tertiary/aromatic N) is 3. The van der Waals surface area contributed by atoms with Crippen LogP contribution in [-0.2, 0) is 11.8 Å². The lowest BCUT2D eigenvalue weighted by Gasteiger charge is -2.23. The van der Waals surface area contributed by atoms with Gasteiger partial charge in [0.2, 0.25) is 5.91 Å². The van der Waals surface area contributed by atoms with Crippen LogP contribution in [0, 0.1) is 6.92 Å². The van der Waals surface area contributed by atoms with Gasteiger partial charge in [-0.2, -0.15) is 5.10 Å². The standard InChI is InChI=1S/C13H22N4O2/c1-6-17(7-12(19)14-9(2)3)13-11(8-18)10(4)15-16(13)5/h8-9H,6-7H2,1-5H3,(H,14,19). The predicted molar refractivity (Wildman–Crippen MR) is 74.5 cm³/mol. The number of amides is 1. The van der Waals surface area contributed by atoms with Gasteiger partial charge in [0.1, 0.15) is 5.82 Å². The SMILES string of the molecule is CCN(CC(=O)NC(C)C)c1c(C=O)c(C)nn1C. The molecule has 0 bridgehead atoms. The van der Waals surface area contributed by atoms with E-state index in [2.05, 4.69) is 10.4 Å². The van der Waals surface area contributed by atoms with Crippen molar-refractivity contribution < 1.29 is 9.59 Å². The van der Waals surface area contributed by atoms with E-state index in [1.807, 2.05) is 25.7 Å². The number of likely N-dealkylation sites (N-methyl/N-ethyl adjacent to an activating group) is 1. The predicted octanol–water partition coefficient (Wildman–Crippen LogP) is 0.892. The van der Waals surface area contributed by atoms with E-state index in [0.717, 1.165) is 6.29 Å². The molecule has 1 heterocycles. The first-order valence-electron chi connectivity index (χ1n) is 6.43. The van der Waals surface area contributed by atoms with Gasteiger partial charge in [-0.05, 0) is 27.7 Å². The number of rotatable bonds is 6. The van der Waals surface area contributed by atoms with Gasteiger partial charge < -0.3 is 10.2 Å². The van der Waals surface area contributed by atoms with Gasteiger partial charge >= 0.3 is 0 Å². The van der Waals surface area contributed by atoms with E-state index < -0.39 is 0 Å². The van der Waals surface area contributed by atoms with Crippen LogP contribution in [0.5, 0.6) is 0 Å². The summed E-state index contributed by atoms with van der Waals surface area (Å²) in [6.45, 7) is 8.41. The molecular formula is C13H22N4O2. The third kappa shape index (κ3) is 3.56. The molecule has 1 amide bonds. The average Bonchev–Trinajstić information content (AvgIpc) is 2.59. The van der Waals surface area contributed by atoms with Gasteiger partial charge in [0, 0.05) is 19.6 Å². The van der Waals surface area contributed by atoms with Crippen molar-refractivity contribution in [3.05, 3.63) is 11.3 Å². The summed E-state index contributed by atoms with van der Waals surface area (Å²) >= 11 is 0. The third-order valence-corrected chi connectivity index (χ3v) is 2.82. The van der Waals surface area contributed by atoms with Gasteiger partial charge in [-0.3, -0.25) is 14.3 Å². The second kappa shape index (κ2) is 6.36. The lowest BCUT2D eigenvalue weighted by Crippen LogP contribution is -2.41. The number of aryl methyl sites for hydroxylation is 2. The Bertz CT molecular complexity index is 465. The number of hydrogen-bond donors (Lipinski definition) is 1. The lowest BCUT2D eigenvalue weighted by atomic mass is 10.2. The molecule has 0 aliphatic rings. The molecule has 0 spiro atoms. The van der Waals surface area contributed by atoms with E-state index >= 15 is 0 Å². The van der Waals surface area contributed by atoms with Gasteiger partial charge in [0.15, 0.2) is 6.29 Å². The molecule has 0 aliphatic carbocycles. The second-order valence-electron chi connectivity index (χ2n) is 4.80. The van der Waals surface area contributed by atoms with Crippen LogP contribution in [0.2, 0.25) is 0 Å². The molecule has 19 heavy (non-hydrogen) atoms. The summed E-state index contributed by atoms with van der Waals surface area (Å²) in [6, 6.07) is 0.102. The maximum atomic E-state index is 11.8. The molecular weight excluding hydrogens is 244 g/mol. The summed E-state index contributed by atoms with van der Waals surface area (Å²) < 4.78 is 1.64. The number of nitrogens with one attached hydrogen (secondary N) is 1. The van der Waals surface area contributed by atoms with Crippen LogP contribution in [0.25, 0.3) is 0 Å². The molecule has 1 aromatic heterocycles. The Hall–Kier alpha value is -1.85. The van der Waals surface area contributed by atoms with Crippen molar-refractivity contribution in [2.45, 2.75) is 33.7 Å². The number of carbonyl (C=O) groups is 2. The highest BCUT2D eigenvalue weighted by Crippen LogP contribution is 2.20. The van der Waals surface area contributed by atoms with E-state index in [9.17, 15) is 9.59 Å². The van der Waals surface area contributed by atoms with Gasteiger partial charge in [0.05, 0.1) is 17.8 Å². The Balaban J connectivity index is 2.97. The summed E-state index contributed by atoms with van der Waals surface area (Å²) in [5, 5.41) is 7.07. The van der Waals surface area contributed by atoms with Gasteiger partial charge in [-0.15, -0.1) is 0 Å². The molecule has 0 aliphatic heterocycles. The molecule has 1 N–H and O–H groups in total. The number of hydrogen-bond acceptors (Lipinski definition) is 4. The van der Waals surface area contributed by atoms with Crippen LogP contribution in [0.1, 0.15) is 36.8 Å². The minimum Gasteiger partial charge on any atom is -0.352 e. The third-order valence-electron chi connectivity index (χ3n) is 2.82. The number of carbonyl (C=O) groups excluding carboxylic acids is 2. The van der Waals surface area contributed by atoms with Crippen LogP contribution in [-0.4, -0.2) is 41.1 Å². The highest BCUT2D eigenvalue weighted by atomic mass is 16.2. The topological polar surface area (TPSA) is 67.2 Å². The summed E-state index contributed by atoms with van der Waals surface area (Å²) in [7, 11) is 1.78. The molecule has 6 nitrogen and oxygen atoms in total. The Morgan fingerprint density at radius 3 is 2.63 bits per heavy atom. The summed E-state index contributed by atoms with van der Waals surface area (Å²) in [5.74, 6) is 0.626. The maximum Gasteiger partial charge on any atom is 0.239 e. The van der Waals surface area contributed by atoms with Crippen LogP contribution >= 0.6 is 0 Å². The minimum atomic E-state index is -0.0625. The van der Waals surface area contributed by atoms with Crippen molar-refractivity contribution in [1.29, 1.82) is 0 Å². The zero-order valence-corrected chi connectivity index (χ0v) is 12.2. The Morgan fingerprint density at radius 2 is 2.16 bits per heavy atom. The van der Waals surface area contributed by atoms with E-state index in [4.69, 9.17) is 0 Å². The summed E-state index contributed by atoms with van der Waals surface area (Å²) in [4.78, 5) is 24.9. The monoisotopic (exact) mass is 266 g/mol. The molecule has 0 radical (unpaired) electrons. The molecule has 106 valence electrons. The molecule has 0 fully saturated rings. The quantitative estimate of drug-likeness (QED) is 0.777. The maximum absolute atomic E-state index is 11.8. The fourth-order valence-corrected chi connectivity index (χ4v) is 2.05. The van der Waals surface area contributed by atoms with Crippen molar-refractivity contribution >= 4 is 18.0 Å². The van der Waals surface area contributed by atoms with Crippen LogP contribution in [0.3, 0.4) is 0 Å². The van der Waals surface area contributed by atoms with Crippen LogP contribution < -0.4 is 10.2 Å². The van der Waals surface area contributed by atoms with E-state index in [-0.39, 0.29) is 18.5 Å². The minimum absolute atomic E-state index is 0.0625. The fraction of sp³-hybridized carbons (Fsp3) is 0.615. The van der Waals surface area contributed by atoms with Gasteiger partial charge in [0.25, 0.3) is 0 Å². The van der Waals surface area contributed by atoms with Crippen molar-refractivity contribution in [1.82, 2.24) is 15.1 Å². The highest BCUT2D eigenvalue weighted by molar-refractivity contribution is 5.87. The molecule has 0 atom stereocenters. The number of aldehydes is 1. The Labute approximate surface area is 113 Å². The first-order valence-corrected chi connectivity index (χ1v) is 6.43. The smallest absolute Gasteiger partial charge is 0.239 e. The Morgan fingerprint density at radius 1 is 1.53 bits per heavy atom. The molecule has 1 rings (SSSR count). The summed E-state index contributed by atoms with van der Waals surface area (Å²) in [5.41, 5.74) is 1.22.